The van der Waals surface area contributed by atoms with Gasteiger partial charge in [-0.2, -0.15) is 0 Å². The molecule has 9 nitrogen and oxygen atoms in total. The molecule has 0 unspecified atom stereocenters. The van der Waals surface area contributed by atoms with Gasteiger partial charge in [-0.15, -0.1) is 11.3 Å². The van der Waals surface area contributed by atoms with Gasteiger partial charge >= 0.3 is 0 Å². The summed E-state index contributed by atoms with van der Waals surface area (Å²) in [5.74, 6) is -2.28. The number of amides is 3. The van der Waals surface area contributed by atoms with Crippen molar-refractivity contribution < 1.29 is 27.9 Å². The van der Waals surface area contributed by atoms with E-state index >= 15 is 0 Å². The van der Waals surface area contributed by atoms with E-state index in [1.807, 2.05) is 0 Å². The number of nitrogens with zero attached hydrogens (tertiary/aromatic N) is 3. The summed E-state index contributed by atoms with van der Waals surface area (Å²) in [5.41, 5.74) is 3.22. The zero-order valence-corrected chi connectivity index (χ0v) is 29.3. The van der Waals surface area contributed by atoms with Crippen molar-refractivity contribution in [2.75, 3.05) is 53.3 Å². The Morgan fingerprint density at radius 2 is 1.63 bits per heavy atom. The molecule has 0 radical (unpaired) electrons. The maximum absolute atomic E-state index is 14.2. The van der Waals surface area contributed by atoms with Crippen LogP contribution in [0.25, 0.3) is 10.4 Å². The van der Waals surface area contributed by atoms with Crippen molar-refractivity contribution in [2.45, 2.75) is 19.3 Å². The Bertz CT molecular complexity index is 2190. The van der Waals surface area contributed by atoms with Crippen LogP contribution in [0.2, 0.25) is 5.02 Å². The van der Waals surface area contributed by atoms with Crippen LogP contribution in [0.1, 0.15) is 48.8 Å². The zero-order valence-electron chi connectivity index (χ0n) is 27.8. The number of fused-ring (bicyclic) bond motifs is 3. The fraction of sp³-hybridized carbons (Fsp3) is 0.231. The van der Waals surface area contributed by atoms with Crippen molar-refractivity contribution in [3.05, 3.63) is 123 Å². The van der Waals surface area contributed by atoms with E-state index in [1.165, 1.54) is 17.4 Å². The number of aromatic nitrogens is 1. The highest BCUT2D eigenvalue weighted by atomic mass is 35.5. The Hall–Kier alpha value is -5.17. The smallest absolute Gasteiger partial charge is 0.265 e. The lowest BCUT2D eigenvalue weighted by molar-refractivity contribution is -0.000510. The van der Waals surface area contributed by atoms with Crippen LogP contribution in [-0.4, -0.2) is 55.6 Å². The minimum Gasteiger partial charge on any atom is -0.381 e. The largest absolute Gasteiger partial charge is 0.381 e. The van der Waals surface area contributed by atoms with Gasteiger partial charge in [0, 0.05) is 71.2 Å². The Kier molecular flexibility index (Phi) is 8.98. The predicted molar refractivity (Wildman–Crippen MR) is 198 cm³/mol. The standard InChI is InChI=1S/C39H32ClF2N5O4S/c40-25-8-11-27-31(20-25)47(16-12-24-19-32(52-34(24)27)37(49)45-33-29(41)4-1-5-30(33)42)38(50)23-6-9-26(10-7-23)44-36(48)28-3-2-15-43-35(28)46-21-39(22-46)13-17-51-18-14-39/h1-11,15,19-20H,12-14,16-18,21-22H2,(H,44,48)(H,45,49). The Labute approximate surface area is 307 Å². The Balaban J connectivity index is 0.984. The molecule has 0 atom stereocenters. The molecule has 2 aromatic heterocycles. The maximum Gasteiger partial charge on any atom is 0.265 e. The number of thiophene rings is 1. The van der Waals surface area contributed by atoms with Crippen molar-refractivity contribution in [3.63, 3.8) is 0 Å². The molecule has 5 aromatic rings. The van der Waals surface area contributed by atoms with Crippen LogP contribution < -0.4 is 20.4 Å². The molecule has 5 heterocycles. The fourth-order valence-corrected chi connectivity index (χ4v) is 8.45. The second kappa shape index (κ2) is 13.8. The van der Waals surface area contributed by atoms with Gasteiger partial charge in [0.15, 0.2) is 0 Å². The van der Waals surface area contributed by atoms with Gasteiger partial charge in [-0.3, -0.25) is 14.4 Å². The summed E-state index contributed by atoms with van der Waals surface area (Å²) < 4.78 is 34.0. The van der Waals surface area contributed by atoms with E-state index in [2.05, 4.69) is 20.5 Å². The number of benzene rings is 3. The molecule has 0 bridgehead atoms. The fourth-order valence-electron chi connectivity index (χ4n) is 7.14. The van der Waals surface area contributed by atoms with Gasteiger partial charge < -0.3 is 25.2 Å². The molecular weight excluding hydrogens is 708 g/mol. The highest BCUT2D eigenvalue weighted by molar-refractivity contribution is 7.17. The number of anilines is 4. The lowest BCUT2D eigenvalue weighted by atomic mass is 9.73. The molecule has 0 saturated carbocycles. The second-order valence-corrected chi connectivity index (χ2v) is 14.7. The zero-order chi connectivity index (χ0) is 36.0. The van der Waals surface area contributed by atoms with Gasteiger partial charge in [0.1, 0.15) is 23.1 Å². The molecule has 2 saturated heterocycles. The average molecular weight is 740 g/mol. The van der Waals surface area contributed by atoms with E-state index in [0.717, 1.165) is 61.7 Å². The second-order valence-electron chi connectivity index (χ2n) is 13.3. The molecule has 13 heteroatoms. The molecule has 2 N–H and O–H groups in total. The topological polar surface area (TPSA) is 104 Å². The van der Waals surface area contributed by atoms with Crippen LogP contribution in [0.15, 0.2) is 85.1 Å². The molecule has 264 valence electrons. The van der Waals surface area contributed by atoms with E-state index in [-0.39, 0.29) is 28.7 Å². The van der Waals surface area contributed by atoms with Crippen LogP contribution in [0.4, 0.5) is 31.7 Å². The highest BCUT2D eigenvalue weighted by Gasteiger charge is 2.45. The third-order valence-electron chi connectivity index (χ3n) is 9.91. The summed E-state index contributed by atoms with van der Waals surface area (Å²) in [5, 5.41) is 5.74. The molecule has 3 amide bonds. The number of hydrogen-bond donors (Lipinski definition) is 2. The van der Waals surface area contributed by atoms with Crippen LogP contribution in [-0.2, 0) is 11.2 Å². The van der Waals surface area contributed by atoms with E-state index in [4.69, 9.17) is 16.3 Å². The SMILES string of the molecule is O=C(Nc1c(F)cccc1F)c1cc2c(s1)-c1ccc(Cl)cc1N(C(=O)c1ccc(NC(=O)c3cccnc3N3CC4(CCOCC4)C3)cc1)CC2. The summed E-state index contributed by atoms with van der Waals surface area (Å²) in [7, 11) is 0. The van der Waals surface area contributed by atoms with Crippen LogP contribution in [0, 0.1) is 17.0 Å². The van der Waals surface area contributed by atoms with Crippen LogP contribution >= 0.6 is 22.9 Å². The first kappa shape index (κ1) is 33.9. The molecule has 1 spiro atoms. The van der Waals surface area contributed by atoms with E-state index < -0.39 is 23.2 Å². The maximum atomic E-state index is 14.2. The molecule has 3 aromatic carbocycles. The summed E-state index contributed by atoms with van der Waals surface area (Å²) in [6.07, 6.45) is 4.13. The number of nitrogens with one attached hydrogen (secondary N) is 2. The molecule has 3 aliphatic heterocycles. The molecule has 3 aliphatic rings. The molecule has 8 rings (SSSR count). The number of carbonyl (C=O) groups excluding carboxylic acids is 3. The van der Waals surface area contributed by atoms with E-state index in [1.54, 1.807) is 71.8 Å². The van der Waals surface area contributed by atoms with Crippen molar-refractivity contribution in [3.8, 4) is 10.4 Å². The Morgan fingerprint density at radius 1 is 0.885 bits per heavy atom. The van der Waals surface area contributed by atoms with Crippen LogP contribution in [0.3, 0.4) is 0 Å². The van der Waals surface area contributed by atoms with Crippen molar-refractivity contribution in [2.24, 2.45) is 5.41 Å². The van der Waals surface area contributed by atoms with Gasteiger partial charge in [0.2, 0.25) is 0 Å². The number of halogens is 3. The number of para-hydroxylation sites is 1. The minimum absolute atomic E-state index is 0.225. The number of carbonyl (C=O) groups is 3. The minimum atomic E-state index is -0.871. The Morgan fingerprint density at radius 3 is 2.38 bits per heavy atom. The summed E-state index contributed by atoms with van der Waals surface area (Å²) >= 11 is 7.60. The van der Waals surface area contributed by atoms with Gasteiger partial charge in [-0.05, 0) is 97.6 Å². The predicted octanol–water partition coefficient (Wildman–Crippen LogP) is 8.07. The number of hydrogen-bond acceptors (Lipinski definition) is 7. The van der Waals surface area contributed by atoms with Gasteiger partial charge in [-0.1, -0.05) is 17.7 Å². The first-order chi connectivity index (χ1) is 25.2. The summed E-state index contributed by atoms with van der Waals surface area (Å²) in [6.45, 7) is 3.50. The van der Waals surface area contributed by atoms with Crippen LogP contribution in [0.5, 0.6) is 0 Å². The molecule has 2 fully saturated rings. The first-order valence-corrected chi connectivity index (χ1v) is 18.1. The number of pyridine rings is 1. The van der Waals surface area contributed by atoms with E-state index in [9.17, 15) is 23.2 Å². The normalized spacial score (nSPS) is 16.0. The molecule has 52 heavy (non-hydrogen) atoms. The lowest BCUT2D eigenvalue weighted by Crippen LogP contribution is -2.59. The van der Waals surface area contributed by atoms with Gasteiger partial charge in [-0.25, -0.2) is 13.8 Å². The molecule has 0 aliphatic carbocycles. The van der Waals surface area contributed by atoms with Crippen molar-refractivity contribution >= 4 is 63.5 Å². The van der Waals surface area contributed by atoms with Crippen molar-refractivity contribution in [1.82, 2.24) is 4.98 Å². The quantitative estimate of drug-likeness (QED) is 0.183. The third-order valence-corrected chi connectivity index (χ3v) is 11.4. The number of ether oxygens (including phenoxy) is 1. The summed E-state index contributed by atoms with van der Waals surface area (Å²) in [4.78, 5) is 49.9. The lowest BCUT2D eigenvalue weighted by Gasteiger charge is -2.53. The number of rotatable bonds is 6. The van der Waals surface area contributed by atoms with E-state index in [0.29, 0.717) is 45.3 Å². The molecular formula is C39H32ClF2N5O4S. The summed E-state index contributed by atoms with van der Waals surface area (Å²) in [6, 6.07) is 20.5. The van der Waals surface area contributed by atoms with Gasteiger partial charge in [0.25, 0.3) is 17.7 Å². The first-order valence-electron chi connectivity index (χ1n) is 16.9. The van der Waals surface area contributed by atoms with Gasteiger partial charge in [0.05, 0.1) is 16.1 Å². The third kappa shape index (κ3) is 6.42. The highest BCUT2D eigenvalue weighted by Crippen LogP contribution is 2.44. The monoisotopic (exact) mass is 739 g/mol. The average Bonchev–Trinajstić information content (AvgIpc) is 3.51. The van der Waals surface area contributed by atoms with Crippen molar-refractivity contribution in [1.29, 1.82) is 0 Å².